The minimum Gasteiger partial charge on any atom is -0.357 e. The zero-order chi connectivity index (χ0) is 20.3. The number of hydrogen-bond acceptors (Lipinski definition) is 4. The van der Waals surface area contributed by atoms with Crippen molar-refractivity contribution in [2.45, 2.75) is 31.1 Å². The van der Waals surface area contributed by atoms with E-state index >= 15 is 0 Å². The van der Waals surface area contributed by atoms with Gasteiger partial charge in [-0.1, -0.05) is 24.6 Å². The summed E-state index contributed by atoms with van der Waals surface area (Å²) >= 11 is 1.85. The van der Waals surface area contributed by atoms with Gasteiger partial charge in [-0.3, -0.25) is 14.7 Å². The van der Waals surface area contributed by atoms with Crippen LogP contribution >= 0.6 is 35.7 Å². The lowest BCUT2D eigenvalue weighted by atomic mass is 9.84. The number of benzene rings is 1. The van der Waals surface area contributed by atoms with Gasteiger partial charge in [0.05, 0.1) is 6.54 Å². The van der Waals surface area contributed by atoms with Crippen LogP contribution in [0.1, 0.15) is 26.2 Å². The zero-order valence-corrected chi connectivity index (χ0v) is 21.2. The van der Waals surface area contributed by atoms with Crippen molar-refractivity contribution < 1.29 is 4.79 Å². The first-order chi connectivity index (χ1) is 14.3. The van der Waals surface area contributed by atoms with Crippen molar-refractivity contribution in [2.24, 2.45) is 10.9 Å². The smallest absolute Gasteiger partial charge is 0.225 e. The lowest BCUT2D eigenvalue weighted by Gasteiger charge is -2.38. The summed E-state index contributed by atoms with van der Waals surface area (Å²) in [7, 11) is 0. The highest BCUT2D eigenvalue weighted by molar-refractivity contribution is 14.0. The molecule has 1 amide bonds. The first kappa shape index (κ1) is 25.3. The van der Waals surface area contributed by atoms with Gasteiger partial charge in [0.1, 0.15) is 0 Å². The maximum atomic E-state index is 12.3. The molecule has 1 aromatic rings. The van der Waals surface area contributed by atoms with Crippen LogP contribution in [-0.2, 0) is 4.79 Å². The van der Waals surface area contributed by atoms with Gasteiger partial charge in [0.2, 0.25) is 5.91 Å². The second-order valence-corrected chi connectivity index (χ2v) is 8.81. The Balaban J connectivity index is 0.00000320. The third kappa shape index (κ3) is 8.26. The summed E-state index contributed by atoms with van der Waals surface area (Å²) in [6, 6.07) is 10.5. The number of halogens is 1. The highest BCUT2D eigenvalue weighted by Gasteiger charge is 2.30. The molecule has 2 aliphatic rings. The molecular formula is C22H36IN5OS. The first-order valence-electron chi connectivity index (χ1n) is 11.0. The number of carbonyl (C=O) groups is 1. The third-order valence-electron chi connectivity index (χ3n) is 5.58. The molecule has 0 spiro atoms. The molecule has 1 aliphatic carbocycles. The summed E-state index contributed by atoms with van der Waals surface area (Å²) in [4.78, 5) is 22.9. The topological polar surface area (TPSA) is 60.0 Å². The van der Waals surface area contributed by atoms with E-state index in [1.807, 2.05) is 17.8 Å². The average molecular weight is 546 g/mol. The molecule has 0 unspecified atom stereocenters. The Bertz CT molecular complexity index is 648. The number of thioether (sulfide) groups is 1. The molecule has 168 valence electrons. The van der Waals surface area contributed by atoms with Crippen LogP contribution < -0.4 is 10.6 Å². The van der Waals surface area contributed by atoms with Crippen LogP contribution in [0.15, 0.2) is 40.2 Å². The number of carbonyl (C=O) groups excluding carboxylic acids is 1. The van der Waals surface area contributed by atoms with E-state index in [2.05, 4.69) is 51.6 Å². The molecule has 0 radical (unpaired) electrons. The number of guanidine groups is 1. The molecule has 30 heavy (non-hydrogen) atoms. The van der Waals surface area contributed by atoms with Gasteiger partial charge in [-0.2, -0.15) is 0 Å². The summed E-state index contributed by atoms with van der Waals surface area (Å²) in [6.07, 6.45) is 3.41. The van der Waals surface area contributed by atoms with Crippen molar-refractivity contribution in [3.63, 3.8) is 0 Å². The molecule has 8 heteroatoms. The zero-order valence-electron chi connectivity index (χ0n) is 18.0. The standard InChI is InChI=1S/C22H35N5OS.HI/c1-2-23-22(25-12-18-29-20-9-4-3-5-10-20)24-11-13-26-14-16-27(17-15-26)21(28)19-7-6-8-19;/h3-5,9-10,19H,2,6-8,11-18H2,1H3,(H2,23,24,25);1H. The minimum atomic E-state index is 0. The Kier molecular flexibility index (Phi) is 11.9. The predicted molar refractivity (Wildman–Crippen MR) is 137 cm³/mol. The molecule has 1 saturated carbocycles. The quantitative estimate of drug-likeness (QED) is 0.164. The predicted octanol–water partition coefficient (Wildman–Crippen LogP) is 2.90. The van der Waals surface area contributed by atoms with E-state index in [0.29, 0.717) is 11.8 Å². The maximum absolute atomic E-state index is 12.3. The first-order valence-corrected chi connectivity index (χ1v) is 12.0. The van der Waals surface area contributed by atoms with Gasteiger partial charge in [-0.25, -0.2) is 0 Å². The van der Waals surface area contributed by atoms with E-state index < -0.39 is 0 Å². The molecule has 0 aromatic heterocycles. The monoisotopic (exact) mass is 545 g/mol. The van der Waals surface area contributed by atoms with Gasteiger partial charge in [0.15, 0.2) is 5.96 Å². The van der Waals surface area contributed by atoms with Crippen molar-refractivity contribution in [2.75, 3.05) is 58.1 Å². The normalized spacial score (nSPS) is 17.8. The van der Waals surface area contributed by atoms with Gasteiger partial charge in [-0.05, 0) is 31.9 Å². The molecule has 0 bridgehead atoms. The Morgan fingerprint density at radius 1 is 1.13 bits per heavy atom. The fraction of sp³-hybridized carbons (Fsp3) is 0.636. The van der Waals surface area contributed by atoms with E-state index in [1.54, 1.807) is 0 Å². The molecule has 2 N–H and O–H groups in total. The summed E-state index contributed by atoms with van der Waals surface area (Å²) in [5, 5.41) is 6.75. The molecule has 1 aromatic carbocycles. The number of nitrogens with zero attached hydrogens (tertiary/aromatic N) is 3. The van der Waals surface area contributed by atoms with Gasteiger partial charge in [0.25, 0.3) is 0 Å². The summed E-state index contributed by atoms with van der Waals surface area (Å²) in [5.74, 6) is 2.60. The molecule has 1 saturated heterocycles. The van der Waals surface area contributed by atoms with Crippen LogP contribution in [0.25, 0.3) is 0 Å². The van der Waals surface area contributed by atoms with Crippen LogP contribution in [0.3, 0.4) is 0 Å². The van der Waals surface area contributed by atoms with Crippen LogP contribution in [0.2, 0.25) is 0 Å². The summed E-state index contributed by atoms with van der Waals surface area (Å²) < 4.78 is 0. The molecule has 0 atom stereocenters. The Morgan fingerprint density at radius 3 is 2.50 bits per heavy atom. The second kappa shape index (κ2) is 14.1. The van der Waals surface area contributed by atoms with Crippen LogP contribution in [0.5, 0.6) is 0 Å². The van der Waals surface area contributed by atoms with Crippen molar-refractivity contribution in [3.05, 3.63) is 30.3 Å². The Labute approximate surface area is 202 Å². The molecule has 6 nitrogen and oxygen atoms in total. The number of amides is 1. The second-order valence-electron chi connectivity index (χ2n) is 7.64. The number of aliphatic imine (C=N–C) groups is 1. The van der Waals surface area contributed by atoms with Crippen molar-refractivity contribution in [1.82, 2.24) is 20.4 Å². The van der Waals surface area contributed by atoms with E-state index in [0.717, 1.165) is 76.9 Å². The van der Waals surface area contributed by atoms with E-state index in [4.69, 9.17) is 4.99 Å². The van der Waals surface area contributed by atoms with Crippen molar-refractivity contribution in [3.8, 4) is 0 Å². The number of piperazine rings is 1. The van der Waals surface area contributed by atoms with E-state index in [1.165, 1.54) is 11.3 Å². The Hall–Kier alpha value is -1.000. The van der Waals surface area contributed by atoms with Gasteiger partial charge >= 0.3 is 0 Å². The highest BCUT2D eigenvalue weighted by Crippen LogP contribution is 2.28. The van der Waals surface area contributed by atoms with Crippen LogP contribution in [0.4, 0.5) is 0 Å². The average Bonchev–Trinajstić information content (AvgIpc) is 2.71. The van der Waals surface area contributed by atoms with E-state index in [-0.39, 0.29) is 24.0 Å². The number of hydrogen-bond donors (Lipinski definition) is 2. The van der Waals surface area contributed by atoms with Crippen LogP contribution in [-0.4, -0.2) is 79.8 Å². The molecule has 3 rings (SSSR count). The van der Waals surface area contributed by atoms with E-state index in [9.17, 15) is 4.79 Å². The van der Waals surface area contributed by atoms with Gasteiger partial charge < -0.3 is 15.5 Å². The van der Waals surface area contributed by atoms with Crippen molar-refractivity contribution >= 4 is 47.6 Å². The summed E-state index contributed by atoms with van der Waals surface area (Å²) in [5.41, 5.74) is 0. The van der Waals surface area contributed by atoms with Gasteiger partial charge in [0, 0.05) is 62.4 Å². The SMILES string of the molecule is CCNC(=NCCN1CCN(C(=O)C2CCC2)CC1)NCCSc1ccccc1.I. The molecule has 1 heterocycles. The molecule has 1 aliphatic heterocycles. The maximum Gasteiger partial charge on any atom is 0.225 e. The molecule has 2 fully saturated rings. The number of nitrogens with one attached hydrogen (secondary N) is 2. The largest absolute Gasteiger partial charge is 0.357 e. The lowest BCUT2D eigenvalue weighted by molar-refractivity contribution is -0.139. The van der Waals surface area contributed by atoms with Gasteiger partial charge in [-0.15, -0.1) is 35.7 Å². The van der Waals surface area contributed by atoms with Crippen LogP contribution in [0, 0.1) is 5.92 Å². The van der Waals surface area contributed by atoms with Crippen molar-refractivity contribution in [1.29, 1.82) is 0 Å². The highest BCUT2D eigenvalue weighted by atomic mass is 127. The Morgan fingerprint density at radius 2 is 1.87 bits per heavy atom. The third-order valence-corrected chi connectivity index (χ3v) is 6.59. The molecular weight excluding hydrogens is 509 g/mol. The fourth-order valence-electron chi connectivity index (χ4n) is 3.61. The summed E-state index contributed by atoms with van der Waals surface area (Å²) in [6.45, 7) is 9.22. The lowest BCUT2D eigenvalue weighted by Crippen LogP contribution is -2.51. The number of rotatable bonds is 9. The fourth-order valence-corrected chi connectivity index (χ4v) is 4.39. The minimum absolute atomic E-state index is 0.